The lowest BCUT2D eigenvalue weighted by atomic mass is 9.86. The summed E-state index contributed by atoms with van der Waals surface area (Å²) in [5.74, 6) is 1.000. The van der Waals surface area contributed by atoms with Crippen LogP contribution in [0.5, 0.6) is 5.75 Å². The van der Waals surface area contributed by atoms with Gasteiger partial charge in [0, 0.05) is 24.9 Å². The lowest BCUT2D eigenvalue weighted by Gasteiger charge is -2.29. The van der Waals surface area contributed by atoms with Crippen molar-refractivity contribution < 1.29 is 9.53 Å². The van der Waals surface area contributed by atoms with E-state index in [0.29, 0.717) is 13.0 Å². The molecular weight excluding hydrogens is 204 g/mol. The van der Waals surface area contributed by atoms with Crippen molar-refractivity contribution in [2.45, 2.75) is 18.4 Å². The molecule has 2 unspecified atom stereocenters. The maximum absolute atomic E-state index is 11.3. The molecule has 4 heteroatoms. The zero-order valence-corrected chi connectivity index (χ0v) is 9.27. The monoisotopic (exact) mass is 220 g/mol. The van der Waals surface area contributed by atoms with E-state index in [-0.39, 0.29) is 17.9 Å². The summed E-state index contributed by atoms with van der Waals surface area (Å²) in [5, 5.41) is 2.77. The van der Waals surface area contributed by atoms with E-state index in [1.165, 1.54) is 0 Å². The molecular formula is C12H16N2O2. The average Bonchev–Trinajstić information content (AvgIpc) is 2.32. The summed E-state index contributed by atoms with van der Waals surface area (Å²) in [5.41, 5.74) is 7.10. The molecule has 1 aromatic carbocycles. The Kier molecular flexibility index (Phi) is 3.10. The minimum Gasteiger partial charge on any atom is -0.497 e. The Hall–Kier alpha value is -1.55. The van der Waals surface area contributed by atoms with E-state index in [1.54, 1.807) is 7.11 Å². The van der Waals surface area contributed by atoms with Crippen LogP contribution in [0.25, 0.3) is 0 Å². The van der Waals surface area contributed by atoms with Gasteiger partial charge in [-0.1, -0.05) is 12.1 Å². The van der Waals surface area contributed by atoms with Crippen LogP contribution in [0.1, 0.15) is 17.9 Å². The predicted octanol–water partition coefficient (Wildman–Crippen LogP) is 0.626. The van der Waals surface area contributed by atoms with E-state index in [0.717, 1.165) is 11.3 Å². The van der Waals surface area contributed by atoms with Crippen LogP contribution in [0.3, 0.4) is 0 Å². The molecule has 0 spiro atoms. The highest BCUT2D eigenvalue weighted by Gasteiger charge is 2.27. The first-order chi connectivity index (χ1) is 7.70. The van der Waals surface area contributed by atoms with E-state index >= 15 is 0 Å². The number of methoxy groups -OCH3 is 1. The van der Waals surface area contributed by atoms with Crippen LogP contribution in [-0.2, 0) is 4.79 Å². The molecule has 0 saturated carbocycles. The third-order valence-electron chi connectivity index (χ3n) is 3.00. The summed E-state index contributed by atoms with van der Waals surface area (Å²) in [6.45, 7) is 0.551. The molecule has 1 aliphatic rings. The molecule has 1 saturated heterocycles. The van der Waals surface area contributed by atoms with Crippen molar-refractivity contribution in [1.29, 1.82) is 0 Å². The third-order valence-corrected chi connectivity index (χ3v) is 3.00. The Bertz CT molecular complexity index is 375. The molecule has 1 heterocycles. The molecule has 1 fully saturated rings. The smallest absolute Gasteiger partial charge is 0.220 e. The first-order valence-corrected chi connectivity index (χ1v) is 5.37. The van der Waals surface area contributed by atoms with Crippen LogP contribution < -0.4 is 15.8 Å². The summed E-state index contributed by atoms with van der Waals surface area (Å²) in [6, 6.07) is 7.73. The highest BCUT2D eigenvalue weighted by molar-refractivity contribution is 5.78. The van der Waals surface area contributed by atoms with E-state index in [9.17, 15) is 4.79 Å². The summed E-state index contributed by atoms with van der Waals surface area (Å²) in [7, 11) is 1.63. The van der Waals surface area contributed by atoms with Crippen molar-refractivity contribution >= 4 is 5.91 Å². The van der Waals surface area contributed by atoms with E-state index in [4.69, 9.17) is 10.5 Å². The lowest BCUT2D eigenvalue weighted by Crippen LogP contribution is -2.47. The molecule has 16 heavy (non-hydrogen) atoms. The summed E-state index contributed by atoms with van der Waals surface area (Å²) in [4.78, 5) is 11.3. The Balaban J connectivity index is 2.18. The third kappa shape index (κ3) is 2.17. The fourth-order valence-electron chi connectivity index (χ4n) is 2.01. The number of carbonyl (C=O) groups excluding carboxylic acids is 1. The van der Waals surface area contributed by atoms with Gasteiger partial charge in [-0.3, -0.25) is 4.79 Å². The summed E-state index contributed by atoms with van der Waals surface area (Å²) < 4.78 is 5.09. The number of hydrogen-bond acceptors (Lipinski definition) is 3. The largest absolute Gasteiger partial charge is 0.497 e. The quantitative estimate of drug-likeness (QED) is 0.768. The zero-order valence-electron chi connectivity index (χ0n) is 9.27. The van der Waals surface area contributed by atoms with Gasteiger partial charge >= 0.3 is 0 Å². The molecule has 0 bridgehead atoms. The van der Waals surface area contributed by atoms with Crippen LogP contribution in [0.2, 0.25) is 0 Å². The number of carbonyl (C=O) groups is 1. The molecule has 2 rings (SSSR count). The molecule has 1 aromatic rings. The van der Waals surface area contributed by atoms with Crippen LogP contribution in [0.4, 0.5) is 0 Å². The van der Waals surface area contributed by atoms with Crippen molar-refractivity contribution in [1.82, 2.24) is 5.32 Å². The van der Waals surface area contributed by atoms with Crippen LogP contribution in [0.15, 0.2) is 24.3 Å². The Labute approximate surface area is 94.8 Å². The average molecular weight is 220 g/mol. The Morgan fingerprint density at radius 3 is 2.69 bits per heavy atom. The number of nitrogens with one attached hydrogen (secondary N) is 1. The molecule has 0 radical (unpaired) electrons. The minimum absolute atomic E-state index is 0.00825. The molecule has 0 aromatic heterocycles. The van der Waals surface area contributed by atoms with Gasteiger partial charge in [0.1, 0.15) is 5.75 Å². The van der Waals surface area contributed by atoms with Gasteiger partial charge in [0.25, 0.3) is 0 Å². The van der Waals surface area contributed by atoms with Gasteiger partial charge in [0.2, 0.25) is 5.91 Å². The number of piperidine rings is 1. The summed E-state index contributed by atoms with van der Waals surface area (Å²) in [6.07, 6.45) is 0.466. The van der Waals surface area contributed by atoms with Crippen molar-refractivity contribution in [2.75, 3.05) is 13.7 Å². The number of hydrogen-bond donors (Lipinski definition) is 2. The highest BCUT2D eigenvalue weighted by atomic mass is 16.5. The van der Waals surface area contributed by atoms with Gasteiger partial charge in [-0.25, -0.2) is 0 Å². The lowest BCUT2D eigenvalue weighted by molar-refractivity contribution is -0.122. The fraction of sp³-hybridized carbons (Fsp3) is 0.417. The first-order valence-electron chi connectivity index (χ1n) is 5.37. The number of rotatable bonds is 2. The first kappa shape index (κ1) is 11.0. The summed E-state index contributed by atoms with van der Waals surface area (Å²) >= 11 is 0. The highest BCUT2D eigenvalue weighted by Crippen LogP contribution is 2.26. The van der Waals surface area contributed by atoms with Crippen molar-refractivity contribution in [3.8, 4) is 5.75 Å². The van der Waals surface area contributed by atoms with Gasteiger partial charge < -0.3 is 15.8 Å². The van der Waals surface area contributed by atoms with Gasteiger partial charge in [0.15, 0.2) is 0 Å². The second kappa shape index (κ2) is 4.53. The molecule has 86 valence electrons. The maximum atomic E-state index is 11.3. The second-order valence-corrected chi connectivity index (χ2v) is 4.05. The van der Waals surface area contributed by atoms with Gasteiger partial charge in [-0.15, -0.1) is 0 Å². The Morgan fingerprint density at radius 1 is 1.38 bits per heavy atom. The van der Waals surface area contributed by atoms with E-state index < -0.39 is 0 Å². The van der Waals surface area contributed by atoms with Crippen molar-refractivity contribution in [3.05, 3.63) is 29.8 Å². The van der Waals surface area contributed by atoms with Gasteiger partial charge in [-0.05, 0) is 17.7 Å². The van der Waals surface area contributed by atoms with Crippen molar-refractivity contribution in [2.24, 2.45) is 5.73 Å². The zero-order chi connectivity index (χ0) is 11.5. The number of nitrogens with two attached hydrogens (primary N) is 1. The van der Waals surface area contributed by atoms with Gasteiger partial charge in [-0.2, -0.15) is 0 Å². The number of amides is 1. The molecule has 0 aliphatic carbocycles. The SMILES string of the molecule is COc1ccc(C2CC(=O)NCC2N)cc1. The van der Waals surface area contributed by atoms with Crippen LogP contribution in [0, 0.1) is 0 Å². The van der Waals surface area contributed by atoms with E-state index in [2.05, 4.69) is 5.32 Å². The standard InChI is InChI=1S/C12H16N2O2/c1-16-9-4-2-8(3-5-9)10-6-12(15)14-7-11(10)13/h2-5,10-11H,6-7,13H2,1H3,(H,14,15). The molecule has 1 amide bonds. The minimum atomic E-state index is -0.00825. The topological polar surface area (TPSA) is 64.3 Å². The van der Waals surface area contributed by atoms with Gasteiger partial charge in [0.05, 0.1) is 7.11 Å². The molecule has 3 N–H and O–H groups in total. The molecule has 1 aliphatic heterocycles. The number of ether oxygens (including phenoxy) is 1. The maximum Gasteiger partial charge on any atom is 0.220 e. The van der Waals surface area contributed by atoms with Crippen LogP contribution in [-0.4, -0.2) is 25.6 Å². The fourth-order valence-corrected chi connectivity index (χ4v) is 2.01. The Morgan fingerprint density at radius 2 is 2.06 bits per heavy atom. The normalized spacial score (nSPS) is 25.0. The molecule has 4 nitrogen and oxygen atoms in total. The predicted molar refractivity (Wildman–Crippen MR) is 61.3 cm³/mol. The van der Waals surface area contributed by atoms with Crippen molar-refractivity contribution in [3.63, 3.8) is 0 Å². The molecule has 2 atom stereocenters. The van der Waals surface area contributed by atoms with Crippen LogP contribution >= 0.6 is 0 Å². The number of benzene rings is 1. The second-order valence-electron chi connectivity index (χ2n) is 4.05. The van der Waals surface area contributed by atoms with E-state index in [1.807, 2.05) is 24.3 Å².